The zero-order valence-electron chi connectivity index (χ0n) is 18.5. The largest absolute Gasteiger partial charge is 0.494 e. The highest BCUT2D eigenvalue weighted by atomic mass is 16.5. The van der Waals surface area contributed by atoms with Gasteiger partial charge in [-0.05, 0) is 49.2 Å². The summed E-state index contributed by atoms with van der Waals surface area (Å²) in [4.78, 5) is 12.6. The summed E-state index contributed by atoms with van der Waals surface area (Å²) in [6.45, 7) is 4.56. The monoisotopic (exact) mass is 440 g/mol. The van der Waals surface area contributed by atoms with Gasteiger partial charge in [0.1, 0.15) is 28.9 Å². The van der Waals surface area contributed by atoms with Crippen LogP contribution < -0.4 is 19.9 Å². The van der Waals surface area contributed by atoms with E-state index in [1.807, 2.05) is 44.2 Å². The van der Waals surface area contributed by atoms with Crippen LogP contribution in [0.1, 0.15) is 46.3 Å². The smallest absolute Gasteiger partial charge is 0.343 e. The summed E-state index contributed by atoms with van der Waals surface area (Å²) in [6.07, 6.45) is 0.894. The summed E-state index contributed by atoms with van der Waals surface area (Å²) in [5.74, 6) is 0.621. The van der Waals surface area contributed by atoms with Gasteiger partial charge in [-0.25, -0.2) is 4.79 Å². The third-order valence-electron chi connectivity index (χ3n) is 5.32. The fraction of sp³-hybridized carbons (Fsp3) is 0.185. The molecule has 0 radical (unpaired) electrons. The van der Waals surface area contributed by atoms with Crippen molar-refractivity contribution in [3.8, 4) is 23.3 Å². The van der Waals surface area contributed by atoms with Crippen LogP contribution in [0.4, 0.5) is 0 Å². The molecule has 0 aliphatic carbocycles. The molecule has 0 amide bonds. The summed E-state index contributed by atoms with van der Waals surface area (Å²) in [5, 5.41) is 9.78. The SMILES string of the molecule is CCCOc1cccc(C2C(C#N)=C(N)Oc3cc(OC(=O)c4cccc(C)c4)ccc32)c1. The average molecular weight is 440 g/mol. The van der Waals surface area contributed by atoms with E-state index in [1.54, 1.807) is 36.4 Å². The Kier molecular flexibility index (Phi) is 6.32. The number of rotatable bonds is 6. The van der Waals surface area contributed by atoms with Gasteiger partial charge in [0, 0.05) is 11.6 Å². The van der Waals surface area contributed by atoms with E-state index < -0.39 is 11.9 Å². The van der Waals surface area contributed by atoms with Gasteiger partial charge in [0.25, 0.3) is 0 Å². The van der Waals surface area contributed by atoms with Crippen LogP contribution in [0.3, 0.4) is 0 Å². The number of fused-ring (bicyclic) bond motifs is 1. The molecule has 3 aromatic carbocycles. The number of carbonyl (C=O) groups is 1. The zero-order chi connectivity index (χ0) is 23.4. The Morgan fingerprint density at radius 1 is 1.09 bits per heavy atom. The molecule has 1 aliphatic rings. The van der Waals surface area contributed by atoms with Gasteiger partial charge >= 0.3 is 5.97 Å². The van der Waals surface area contributed by atoms with Crippen LogP contribution in [0.25, 0.3) is 0 Å². The molecule has 1 heterocycles. The number of nitrogens with zero attached hydrogens (tertiary/aromatic N) is 1. The molecule has 166 valence electrons. The normalized spacial score (nSPS) is 14.6. The van der Waals surface area contributed by atoms with Crippen LogP contribution >= 0.6 is 0 Å². The molecule has 4 rings (SSSR count). The topological polar surface area (TPSA) is 94.6 Å². The van der Waals surface area contributed by atoms with Crippen molar-refractivity contribution >= 4 is 5.97 Å². The molecule has 6 heteroatoms. The maximum atomic E-state index is 12.6. The molecule has 1 atom stereocenters. The van der Waals surface area contributed by atoms with E-state index >= 15 is 0 Å². The van der Waals surface area contributed by atoms with Gasteiger partial charge in [0.05, 0.1) is 18.1 Å². The molecule has 3 aromatic rings. The van der Waals surface area contributed by atoms with Crippen molar-refractivity contribution in [2.75, 3.05) is 6.61 Å². The lowest BCUT2D eigenvalue weighted by Crippen LogP contribution is -2.21. The standard InChI is InChI=1S/C27H24N2O4/c1-3-12-31-20-9-5-7-18(14-20)25-22-11-10-21(15-24(22)33-26(29)23(25)16-28)32-27(30)19-8-4-6-17(2)13-19/h4-11,13-15,25H,3,12,29H2,1-2H3. The van der Waals surface area contributed by atoms with E-state index in [9.17, 15) is 10.1 Å². The molecule has 0 spiro atoms. The van der Waals surface area contributed by atoms with Crippen LogP contribution in [0, 0.1) is 18.3 Å². The van der Waals surface area contributed by atoms with E-state index in [0.29, 0.717) is 29.2 Å². The molecule has 0 saturated heterocycles. The van der Waals surface area contributed by atoms with E-state index in [2.05, 4.69) is 6.07 Å². The molecule has 0 saturated carbocycles. The second kappa shape index (κ2) is 9.49. The Morgan fingerprint density at radius 3 is 2.67 bits per heavy atom. The van der Waals surface area contributed by atoms with Gasteiger partial charge in [-0.2, -0.15) is 5.26 Å². The predicted octanol–water partition coefficient (Wildman–Crippen LogP) is 5.22. The van der Waals surface area contributed by atoms with Crippen molar-refractivity contribution < 1.29 is 19.0 Å². The molecule has 6 nitrogen and oxygen atoms in total. The number of allylic oxidation sites excluding steroid dienone is 1. The molecule has 33 heavy (non-hydrogen) atoms. The first kappa shape index (κ1) is 22.0. The molecule has 0 aromatic heterocycles. The third kappa shape index (κ3) is 4.68. The fourth-order valence-electron chi connectivity index (χ4n) is 3.78. The quantitative estimate of drug-likeness (QED) is 0.417. The second-order valence-electron chi connectivity index (χ2n) is 7.80. The summed E-state index contributed by atoms with van der Waals surface area (Å²) in [7, 11) is 0. The molecule has 1 unspecified atom stereocenters. The number of hydrogen-bond donors (Lipinski definition) is 1. The maximum Gasteiger partial charge on any atom is 0.343 e. The maximum absolute atomic E-state index is 12.6. The molecule has 1 aliphatic heterocycles. The van der Waals surface area contributed by atoms with Crippen LogP contribution in [-0.2, 0) is 0 Å². The van der Waals surface area contributed by atoms with Gasteiger partial charge < -0.3 is 19.9 Å². The number of nitrogens with two attached hydrogens (primary N) is 1. The van der Waals surface area contributed by atoms with Crippen molar-refractivity contribution in [2.24, 2.45) is 5.73 Å². The molecule has 0 fully saturated rings. The first-order valence-electron chi connectivity index (χ1n) is 10.7. The first-order chi connectivity index (χ1) is 16.0. The summed E-state index contributed by atoms with van der Waals surface area (Å²) >= 11 is 0. The van der Waals surface area contributed by atoms with Crippen LogP contribution in [0.15, 0.2) is 78.2 Å². The van der Waals surface area contributed by atoms with Crippen molar-refractivity contribution in [1.82, 2.24) is 0 Å². The van der Waals surface area contributed by atoms with Crippen LogP contribution in [0.5, 0.6) is 17.2 Å². The van der Waals surface area contributed by atoms with Crippen molar-refractivity contribution in [3.05, 3.63) is 100 Å². The van der Waals surface area contributed by atoms with E-state index in [-0.39, 0.29) is 5.88 Å². The number of ether oxygens (including phenoxy) is 3. The number of carbonyl (C=O) groups excluding carboxylic acids is 1. The minimum atomic E-state index is -0.465. The van der Waals surface area contributed by atoms with Gasteiger partial charge in [0.2, 0.25) is 5.88 Å². The van der Waals surface area contributed by atoms with E-state index in [1.165, 1.54) is 0 Å². The number of nitriles is 1. The third-order valence-corrected chi connectivity index (χ3v) is 5.32. The van der Waals surface area contributed by atoms with Gasteiger partial charge in [0.15, 0.2) is 0 Å². The Balaban J connectivity index is 1.67. The molecule has 2 N–H and O–H groups in total. The minimum absolute atomic E-state index is 0.0250. The van der Waals surface area contributed by atoms with Crippen molar-refractivity contribution in [2.45, 2.75) is 26.2 Å². The first-order valence-corrected chi connectivity index (χ1v) is 10.7. The molecular formula is C27H24N2O4. The van der Waals surface area contributed by atoms with Gasteiger partial charge in [-0.1, -0.05) is 42.8 Å². The summed E-state index contributed by atoms with van der Waals surface area (Å²) in [6, 6.07) is 22.1. The lowest BCUT2D eigenvalue weighted by molar-refractivity contribution is 0.0734. The fourth-order valence-corrected chi connectivity index (χ4v) is 3.78. The van der Waals surface area contributed by atoms with Gasteiger partial charge in [-0.15, -0.1) is 0 Å². The van der Waals surface area contributed by atoms with E-state index in [4.69, 9.17) is 19.9 Å². The highest BCUT2D eigenvalue weighted by Crippen LogP contribution is 2.44. The van der Waals surface area contributed by atoms with E-state index in [0.717, 1.165) is 28.9 Å². The van der Waals surface area contributed by atoms with Crippen molar-refractivity contribution in [1.29, 1.82) is 5.26 Å². The lowest BCUT2D eigenvalue weighted by Gasteiger charge is -2.27. The zero-order valence-corrected chi connectivity index (χ0v) is 18.5. The Bertz CT molecular complexity index is 1270. The number of esters is 1. The van der Waals surface area contributed by atoms with Crippen LogP contribution in [-0.4, -0.2) is 12.6 Å². The van der Waals surface area contributed by atoms with Crippen molar-refractivity contribution in [3.63, 3.8) is 0 Å². The number of benzene rings is 3. The summed E-state index contributed by atoms with van der Waals surface area (Å²) < 4.78 is 17.1. The Morgan fingerprint density at radius 2 is 1.91 bits per heavy atom. The average Bonchev–Trinajstić information content (AvgIpc) is 2.82. The number of aryl methyl sites for hydroxylation is 1. The minimum Gasteiger partial charge on any atom is -0.494 e. The second-order valence-corrected chi connectivity index (χ2v) is 7.80. The summed E-state index contributed by atoms with van der Waals surface area (Å²) in [5.41, 5.74) is 9.46. The molecular weight excluding hydrogens is 416 g/mol. The van der Waals surface area contributed by atoms with Gasteiger partial charge in [-0.3, -0.25) is 0 Å². The predicted molar refractivity (Wildman–Crippen MR) is 124 cm³/mol. The number of hydrogen-bond acceptors (Lipinski definition) is 6. The van der Waals surface area contributed by atoms with Crippen LogP contribution in [0.2, 0.25) is 0 Å². The highest BCUT2D eigenvalue weighted by molar-refractivity contribution is 5.91. The lowest BCUT2D eigenvalue weighted by atomic mass is 9.83. The molecule has 0 bridgehead atoms. The Labute approximate surface area is 192 Å². The highest BCUT2D eigenvalue weighted by Gasteiger charge is 2.31. The Hall–Kier alpha value is -4.24.